The van der Waals surface area contributed by atoms with Gasteiger partial charge in [0.05, 0.1) is 11.0 Å². The summed E-state index contributed by atoms with van der Waals surface area (Å²) >= 11 is 0. The standard InChI is InChI=1S/C18H11N/c1-2-8-14(9-3-1)19-17-12-6-4-10-15(17)16-11-5-7-13-18(16)19/h1-6,8-9,11-13H. The fourth-order valence-electron chi connectivity index (χ4n) is 2.63. The molecule has 0 unspecified atom stereocenters. The summed E-state index contributed by atoms with van der Waals surface area (Å²) in [6.07, 6.45) is 0. The van der Waals surface area contributed by atoms with Crippen LogP contribution in [-0.2, 0) is 0 Å². The minimum Gasteiger partial charge on any atom is -0.309 e. The summed E-state index contributed by atoms with van der Waals surface area (Å²) in [7, 11) is 0. The molecule has 88 valence electrons. The van der Waals surface area contributed by atoms with Crippen LogP contribution < -0.4 is 0 Å². The Hall–Kier alpha value is -2.54. The second-order valence-corrected chi connectivity index (χ2v) is 4.54. The fraction of sp³-hybridized carbons (Fsp3) is 0. The van der Waals surface area contributed by atoms with Gasteiger partial charge in [-0.3, -0.25) is 0 Å². The van der Waals surface area contributed by atoms with Gasteiger partial charge in [-0.25, -0.2) is 0 Å². The van der Waals surface area contributed by atoms with Crippen LogP contribution in [0.5, 0.6) is 0 Å². The normalized spacial score (nSPS) is 11.2. The van der Waals surface area contributed by atoms with E-state index in [4.69, 9.17) is 0 Å². The van der Waals surface area contributed by atoms with Gasteiger partial charge in [0, 0.05) is 16.5 Å². The largest absolute Gasteiger partial charge is 0.309 e. The zero-order chi connectivity index (χ0) is 12.7. The van der Waals surface area contributed by atoms with Gasteiger partial charge in [0.2, 0.25) is 0 Å². The van der Waals surface area contributed by atoms with Crippen molar-refractivity contribution in [2.75, 3.05) is 0 Å². The maximum Gasteiger partial charge on any atom is 0.0547 e. The number of hydrogen-bond acceptors (Lipinski definition) is 0. The van der Waals surface area contributed by atoms with E-state index in [2.05, 4.69) is 53.1 Å². The maximum absolute atomic E-state index is 3.35. The average molecular weight is 241 g/mol. The van der Waals surface area contributed by atoms with Crippen LogP contribution in [0.25, 0.3) is 27.5 Å². The Bertz CT molecular complexity index is 803. The molecule has 0 aliphatic carbocycles. The Balaban J connectivity index is 2.24. The predicted molar refractivity (Wildman–Crippen MR) is 78.5 cm³/mol. The quantitative estimate of drug-likeness (QED) is 0.466. The van der Waals surface area contributed by atoms with E-state index in [-0.39, 0.29) is 0 Å². The molecule has 0 bridgehead atoms. The summed E-state index contributed by atoms with van der Waals surface area (Å²) in [6, 6.07) is 29.2. The van der Waals surface area contributed by atoms with Crippen LogP contribution in [0.2, 0.25) is 0 Å². The maximum atomic E-state index is 3.35. The van der Waals surface area contributed by atoms with Crippen molar-refractivity contribution in [3.8, 4) is 5.69 Å². The number of aromatic nitrogens is 1. The lowest BCUT2D eigenvalue weighted by Gasteiger charge is -2.06. The molecule has 3 aromatic carbocycles. The molecule has 0 amide bonds. The highest BCUT2D eigenvalue weighted by atomic mass is 15.0. The summed E-state index contributed by atoms with van der Waals surface area (Å²) in [5, 5.41) is 2.38. The molecule has 0 fully saturated rings. The molecular formula is C18H11N. The van der Waals surface area contributed by atoms with Crippen LogP contribution in [0.15, 0.2) is 66.7 Å². The molecule has 19 heavy (non-hydrogen) atoms. The number of benzene rings is 3. The van der Waals surface area contributed by atoms with Crippen molar-refractivity contribution in [2.45, 2.75) is 0 Å². The lowest BCUT2D eigenvalue weighted by Crippen LogP contribution is -1.92. The minimum absolute atomic E-state index is 1.16. The Morgan fingerprint density at radius 1 is 0.789 bits per heavy atom. The third-order valence-electron chi connectivity index (χ3n) is 3.44. The molecule has 2 radical (unpaired) electrons. The number of hydrogen-bond donors (Lipinski definition) is 0. The molecule has 0 atom stereocenters. The van der Waals surface area contributed by atoms with Gasteiger partial charge in [-0.2, -0.15) is 0 Å². The van der Waals surface area contributed by atoms with E-state index in [1.165, 1.54) is 22.1 Å². The van der Waals surface area contributed by atoms with Gasteiger partial charge in [0.15, 0.2) is 0 Å². The molecular weight excluding hydrogens is 230 g/mol. The van der Waals surface area contributed by atoms with E-state index in [1.54, 1.807) is 0 Å². The minimum atomic E-state index is 1.16. The Morgan fingerprint density at radius 3 is 2.58 bits per heavy atom. The number of nitrogens with zero attached hydrogens (tertiary/aromatic N) is 1. The third-order valence-corrected chi connectivity index (χ3v) is 3.44. The number of para-hydroxylation sites is 1. The van der Waals surface area contributed by atoms with Gasteiger partial charge < -0.3 is 4.57 Å². The van der Waals surface area contributed by atoms with Gasteiger partial charge in [-0.05, 0) is 36.4 Å². The van der Waals surface area contributed by atoms with Gasteiger partial charge in [0.25, 0.3) is 0 Å². The summed E-state index contributed by atoms with van der Waals surface area (Å²) < 4.78 is 2.26. The highest BCUT2D eigenvalue weighted by Crippen LogP contribution is 2.30. The number of fused-ring (bicyclic) bond motifs is 3. The van der Waals surface area contributed by atoms with Crippen LogP contribution >= 0.6 is 0 Å². The van der Waals surface area contributed by atoms with Gasteiger partial charge in [-0.1, -0.05) is 42.5 Å². The third kappa shape index (κ3) is 1.48. The molecule has 1 heterocycles. The smallest absolute Gasteiger partial charge is 0.0547 e. The van der Waals surface area contributed by atoms with Crippen molar-refractivity contribution in [1.29, 1.82) is 0 Å². The summed E-state index contributed by atoms with van der Waals surface area (Å²) in [6.45, 7) is 0. The van der Waals surface area contributed by atoms with Crippen molar-refractivity contribution < 1.29 is 0 Å². The van der Waals surface area contributed by atoms with Gasteiger partial charge in [-0.15, -0.1) is 0 Å². The van der Waals surface area contributed by atoms with E-state index in [0.717, 1.165) is 5.39 Å². The second-order valence-electron chi connectivity index (χ2n) is 4.54. The topological polar surface area (TPSA) is 4.93 Å². The van der Waals surface area contributed by atoms with E-state index in [1.807, 2.05) is 30.3 Å². The number of rotatable bonds is 1. The van der Waals surface area contributed by atoms with Crippen LogP contribution in [0.4, 0.5) is 0 Å². The molecule has 1 nitrogen and oxygen atoms in total. The van der Waals surface area contributed by atoms with Crippen LogP contribution in [0, 0.1) is 12.1 Å². The van der Waals surface area contributed by atoms with Crippen molar-refractivity contribution in [1.82, 2.24) is 4.57 Å². The monoisotopic (exact) mass is 241 g/mol. The first-order valence-corrected chi connectivity index (χ1v) is 6.31. The molecule has 4 rings (SSSR count). The molecule has 0 aliphatic rings. The highest BCUT2D eigenvalue weighted by Gasteiger charge is 2.10. The summed E-state index contributed by atoms with van der Waals surface area (Å²) in [4.78, 5) is 0. The van der Waals surface area contributed by atoms with Crippen LogP contribution in [-0.4, -0.2) is 4.57 Å². The van der Waals surface area contributed by atoms with Crippen LogP contribution in [0.1, 0.15) is 0 Å². The van der Waals surface area contributed by atoms with Gasteiger partial charge >= 0.3 is 0 Å². The van der Waals surface area contributed by atoms with Crippen LogP contribution in [0.3, 0.4) is 0 Å². The van der Waals surface area contributed by atoms with Crippen molar-refractivity contribution in [3.63, 3.8) is 0 Å². The molecule has 1 aromatic heterocycles. The molecule has 0 saturated heterocycles. The van der Waals surface area contributed by atoms with Crippen molar-refractivity contribution in [2.24, 2.45) is 0 Å². The van der Waals surface area contributed by atoms with Crippen molar-refractivity contribution in [3.05, 3.63) is 78.9 Å². The zero-order valence-corrected chi connectivity index (χ0v) is 10.3. The fourth-order valence-corrected chi connectivity index (χ4v) is 2.63. The van der Waals surface area contributed by atoms with E-state index < -0.39 is 0 Å². The molecule has 0 spiro atoms. The molecule has 0 N–H and O–H groups in total. The predicted octanol–water partition coefficient (Wildman–Crippen LogP) is 4.38. The highest BCUT2D eigenvalue weighted by molar-refractivity contribution is 6.08. The first-order chi connectivity index (χ1) is 9.45. The summed E-state index contributed by atoms with van der Waals surface area (Å²) in [5.74, 6) is 0. The Labute approximate surface area is 111 Å². The lowest BCUT2D eigenvalue weighted by molar-refractivity contribution is 1.18. The van der Waals surface area contributed by atoms with Gasteiger partial charge in [0.1, 0.15) is 0 Å². The molecule has 4 aromatic rings. The molecule has 0 saturated carbocycles. The Kier molecular flexibility index (Phi) is 2.18. The SMILES string of the molecule is [c]1ccc2c3[c]cccc3n(-c3ccccc3)c2c1. The summed E-state index contributed by atoms with van der Waals surface area (Å²) in [5.41, 5.74) is 3.52. The average Bonchev–Trinajstić information content (AvgIpc) is 2.83. The molecule has 0 aliphatic heterocycles. The molecule has 1 heteroatoms. The van der Waals surface area contributed by atoms with E-state index in [9.17, 15) is 0 Å². The first-order valence-electron chi connectivity index (χ1n) is 6.31. The lowest BCUT2D eigenvalue weighted by atomic mass is 10.2. The Morgan fingerprint density at radius 2 is 1.68 bits per heavy atom. The first kappa shape index (κ1) is 10.4. The second kappa shape index (κ2) is 3.99. The van der Waals surface area contributed by atoms with E-state index >= 15 is 0 Å². The zero-order valence-electron chi connectivity index (χ0n) is 10.3. The van der Waals surface area contributed by atoms with Crippen molar-refractivity contribution >= 4 is 21.8 Å². The van der Waals surface area contributed by atoms with E-state index in [0.29, 0.717) is 0 Å².